The fourth-order valence-corrected chi connectivity index (χ4v) is 0.833. The minimum Gasteiger partial charge on any atom is -0.303 e. The molecule has 0 bridgehead atoms. The van der Waals surface area contributed by atoms with Crippen LogP contribution in [0.2, 0.25) is 0 Å². The quantitative estimate of drug-likeness (QED) is 0.260. The zero-order valence-corrected chi connectivity index (χ0v) is 7.50. The van der Waals surface area contributed by atoms with Crippen molar-refractivity contribution in [2.24, 2.45) is 5.10 Å². The molecular formula is C8H16N2O. The van der Waals surface area contributed by atoms with E-state index in [2.05, 4.69) is 5.10 Å². The predicted octanol–water partition coefficient (Wildman–Crippen LogP) is 1.29. The average Bonchev–Trinajstić information content (AvgIpc) is 1.86. The van der Waals surface area contributed by atoms with Gasteiger partial charge in [-0.05, 0) is 19.8 Å². The van der Waals surface area contributed by atoms with Gasteiger partial charge in [0.2, 0.25) is 0 Å². The summed E-state index contributed by atoms with van der Waals surface area (Å²) in [6.45, 7) is 1.98. The van der Waals surface area contributed by atoms with Gasteiger partial charge in [-0.2, -0.15) is 5.10 Å². The van der Waals surface area contributed by atoms with Crippen LogP contribution >= 0.6 is 0 Å². The second-order valence-electron chi connectivity index (χ2n) is 2.74. The van der Waals surface area contributed by atoms with Crippen LogP contribution in [0.1, 0.15) is 26.2 Å². The Hall–Kier alpha value is -0.860. The van der Waals surface area contributed by atoms with Gasteiger partial charge in [-0.25, -0.2) is 0 Å². The van der Waals surface area contributed by atoms with Gasteiger partial charge in [0.15, 0.2) is 0 Å². The number of carbonyl (C=O) groups excluding carboxylic acids is 1. The maximum atomic E-state index is 9.96. The Balaban J connectivity index is 3.50. The smallest absolute Gasteiger partial charge is 0.120 e. The van der Waals surface area contributed by atoms with E-state index >= 15 is 0 Å². The Morgan fingerprint density at radius 2 is 2.18 bits per heavy atom. The Morgan fingerprint density at radius 3 is 2.64 bits per heavy atom. The molecule has 0 aliphatic rings. The highest BCUT2D eigenvalue weighted by molar-refractivity contribution is 5.81. The average molecular weight is 156 g/mol. The molecule has 0 aromatic carbocycles. The van der Waals surface area contributed by atoms with Crippen molar-refractivity contribution in [3.8, 4) is 0 Å². The lowest BCUT2D eigenvalue weighted by Gasteiger charge is -2.05. The Morgan fingerprint density at radius 1 is 1.55 bits per heavy atom. The van der Waals surface area contributed by atoms with Crippen molar-refractivity contribution in [3.05, 3.63) is 0 Å². The standard InChI is InChI=1S/C8H16N2O/c1-8(9-10(2)3)6-4-5-7-11/h7H,4-6H2,1-3H3/b9-8-. The van der Waals surface area contributed by atoms with Crippen LogP contribution in [0.4, 0.5) is 0 Å². The van der Waals surface area contributed by atoms with E-state index in [4.69, 9.17) is 0 Å². The number of carbonyl (C=O) groups is 1. The van der Waals surface area contributed by atoms with E-state index in [0.29, 0.717) is 6.42 Å². The van der Waals surface area contributed by atoms with E-state index in [1.165, 1.54) is 0 Å². The number of nitrogens with zero attached hydrogens (tertiary/aromatic N) is 2. The minimum atomic E-state index is 0.639. The highest BCUT2D eigenvalue weighted by atomic mass is 16.1. The summed E-state index contributed by atoms with van der Waals surface area (Å²) in [5, 5.41) is 5.96. The minimum absolute atomic E-state index is 0.639. The predicted molar refractivity (Wildman–Crippen MR) is 46.7 cm³/mol. The second kappa shape index (κ2) is 5.89. The Labute approximate surface area is 68.1 Å². The molecule has 0 aliphatic heterocycles. The number of rotatable bonds is 5. The molecule has 0 aromatic heterocycles. The largest absolute Gasteiger partial charge is 0.303 e. The van der Waals surface area contributed by atoms with Crippen LogP contribution in [0.5, 0.6) is 0 Å². The maximum Gasteiger partial charge on any atom is 0.120 e. The third kappa shape index (κ3) is 7.03. The van der Waals surface area contributed by atoms with Crippen LogP contribution in [0.3, 0.4) is 0 Å². The monoisotopic (exact) mass is 156 g/mol. The van der Waals surface area contributed by atoms with E-state index < -0.39 is 0 Å². The van der Waals surface area contributed by atoms with Crippen LogP contribution in [0.25, 0.3) is 0 Å². The van der Waals surface area contributed by atoms with Gasteiger partial charge in [0, 0.05) is 26.2 Å². The molecule has 0 N–H and O–H groups in total. The molecule has 0 saturated heterocycles. The topological polar surface area (TPSA) is 32.7 Å². The first-order valence-electron chi connectivity index (χ1n) is 3.82. The lowest BCUT2D eigenvalue weighted by molar-refractivity contribution is -0.107. The van der Waals surface area contributed by atoms with Gasteiger partial charge in [0.1, 0.15) is 6.29 Å². The fraction of sp³-hybridized carbons (Fsp3) is 0.750. The van der Waals surface area contributed by atoms with Gasteiger partial charge in [-0.3, -0.25) is 0 Å². The number of hydrazone groups is 1. The summed E-state index contributed by atoms with van der Waals surface area (Å²) in [5.41, 5.74) is 1.08. The van der Waals surface area contributed by atoms with E-state index in [1.54, 1.807) is 5.01 Å². The molecular weight excluding hydrogens is 140 g/mol. The molecule has 3 heteroatoms. The van der Waals surface area contributed by atoms with Crippen molar-refractivity contribution in [1.29, 1.82) is 0 Å². The van der Waals surface area contributed by atoms with E-state index in [1.807, 2.05) is 21.0 Å². The lowest BCUT2D eigenvalue weighted by atomic mass is 10.2. The zero-order valence-electron chi connectivity index (χ0n) is 7.50. The normalized spacial score (nSPS) is 11.4. The van der Waals surface area contributed by atoms with Crippen LogP contribution < -0.4 is 0 Å². The number of unbranched alkanes of at least 4 members (excludes halogenated alkanes) is 1. The molecule has 3 nitrogen and oxygen atoms in total. The summed E-state index contributed by atoms with van der Waals surface area (Å²) in [6, 6.07) is 0. The molecule has 0 amide bonds. The van der Waals surface area contributed by atoms with E-state index in [0.717, 1.165) is 24.8 Å². The molecule has 11 heavy (non-hydrogen) atoms. The molecule has 0 aromatic rings. The maximum absolute atomic E-state index is 9.96. The van der Waals surface area contributed by atoms with Crippen molar-refractivity contribution in [3.63, 3.8) is 0 Å². The number of hydrogen-bond acceptors (Lipinski definition) is 3. The van der Waals surface area contributed by atoms with Crippen LogP contribution in [-0.4, -0.2) is 31.1 Å². The van der Waals surface area contributed by atoms with E-state index in [-0.39, 0.29) is 0 Å². The third-order valence-corrected chi connectivity index (χ3v) is 1.23. The van der Waals surface area contributed by atoms with Crippen molar-refractivity contribution in [2.75, 3.05) is 14.1 Å². The van der Waals surface area contributed by atoms with Gasteiger partial charge in [-0.1, -0.05) is 0 Å². The highest BCUT2D eigenvalue weighted by Gasteiger charge is 1.91. The molecule has 0 heterocycles. The summed E-state index contributed by atoms with van der Waals surface area (Å²) in [7, 11) is 3.78. The van der Waals surface area contributed by atoms with E-state index in [9.17, 15) is 4.79 Å². The SMILES string of the molecule is C/C(CCCC=O)=N/N(C)C. The molecule has 0 saturated carbocycles. The van der Waals surface area contributed by atoms with Crippen molar-refractivity contribution < 1.29 is 4.79 Å². The molecule has 0 radical (unpaired) electrons. The lowest BCUT2D eigenvalue weighted by Crippen LogP contribution is -2.06. The van der Waals surface area contributed by atoms with Crippen molar-refractivity contribution in [2.45, 2.75) is 26.2 Å². The first-order chi connectivity index (χ1) is 5.16. The molecule has 0 fully saturated rings. The first-order valence-corrected chi connectivity index (χ1v) is 3.82. The van der Waals surface area contributed by atoms with Gasteiger partial charge < -0.3 is 9.80 Å². The number of aldehydes is 1. The Kier molecular flexibility index (Phi) is 5.43. The molecule has 0 spiro atoms. The summed E-state index contributed by atoms with van der Waals surface area (Å²) in [4.78, 5) is 9.96. The van der Waals surface area contributed by atoms with Gasteiger partial charge in [-0.15, -0.1) is 0 Å². The first kappa shape index (κ1) is 10.1. The van der Waals surface area contributed by atoms with Crippen LogP contribution in [0, 0.1) is 0 Å². The fourth-order valence-electron chi connectivity index (χ4n) is 0.833. The van der Waals surface area contributed by atoms with Gasteiger partial charge >= 0.3 is 0 Å². The molecule has 64 valence electrons. The molecule has 0 atom stereocenters. The molecule has 0 rings (SSSR count). The summed E-state index contributed by atoms with van der Waals surface area (Å²) in [5.74, 6) is 0. The summed E-state index contributed by atoms with van der Waals surface area (Å²) < 4.78 is 0. The Bertz CT molecular complexity index is 141. The van der Waals surface area contributed by atoms with Crippen molar-refractivity contribution >= 4 is 12.0 Å². The highest BCUT2D eigenvalue weighted by Crippen LogP contribution is 1.96. The molecule has 0 unspecified atom stereocenters. The third-order valence-electron chi connectivity index (χ3n) is 1.23. The van der Waals surface area contributed by atoms with Crippen LogP contribution in [0.15, 0.2) is 5.10 Å². The second-order valence-corrected chi connectivity index (χ2v) is 2.74. The van der Waals surface area contributed by atoms with Gasteiger partial charge in [0.25, 0.3) is 0 Å². The number of hydrogen-bond donors (Lipinski definition) is 0. The van der Waals surface area contributed by atoms with Crippen molar-refractivity contribution in [1.82, 2.24) is 5.01 Å². The zero-order chi connectivity index (χ0) is 8.69. The molecule has 0 aliphatic carbocycles. The van der Waals surface area contributed by atoms with Gasteiger partial charge in [0.05, 0.1) is 0 Å². The summed E-state index contributed by atoms with van der Waals surface area (Å²) in [6.07, 6.45) is 3.41. The van der Waals surface area contributed by atoms with Crippen LogP contribution in [-0.2, 0) is 4.79 Å². The summed E-state index contributed by atoms with van der Waals surface area (Å²) >= 11 is 0.